The average molecular weight is 158 g/mol. The molecule has 9 heavy (non-hydrogen) atoms. The van der Waals surface area contributed by atoms with Crippen LogP contribution in [-0.4, -0.2) is 19.6 Å². The summed E-state index contributed by atoms with van der Waals surface area (Å²) in [4.78, 5) is -1.26. The van der Waals surface area contributed by atoms with E-state index in [4.69, 9.17) is 4.55 Å². The van der Waals surface area contributed by atoms with Gasteiger partial charge in [0.25, 0.3) is 10.1 Å². The standard InChI is InChI=1S/C3H4F2O3S/c4-1-3(2-5)9(6,7)8/h1H,2H2,(H,6,7,8). The smallest absolute Gasteiger partial charge is 0.282 e. The van der Waals surface area contributed by atoms with Crippen LogP contribution in [0.2, 0.25) is 0 Å². The summed E-state index contributed by atoms with van der Waals surface area (Å²) in [6.07, 6.45) is -0.491. The Hall–Kier alpha value is -0.490. The van der Waals surface area contributed by atoms with E-state index >= 15 is 0 Å². The van der Waals surface area contributed by atoms with Gasteiger partial charge in [0.05, 0.1) is 0 Å². The lowest BCUT2D eigenvalue weighted by atomic mass is 10.7. The van der Waals surface area contributed by atoms with Crippen molar-refractivity contribution in [1.82, 2.24) is 0 Å². The molecule has 0 saturated heterocycles. The number of hydrogen-bond acceptors (Lipinski definition) is 2. The number of alkyl halides is 1. The van der Waals surface area contributed by atoms with Gasteiger partial charge in [-0.15, -0.1) is 0 Å². The maximum absolute atomic E-state index is 11.3. The molecule has 0 spiro atoms. The summed E-state index contributed by atoms with van der Waals surface area (Å²) in [6, 6.07) is 0. The van der Waals surface area contributed by atoms with E-state index in [-0.39, 0.29) is 0 Å². The lowest BCUT2D eigenvalue weighted by Crippen LogP contribution is -2.02. The van der Waals surface area contributed by atoms with E-state index in [1.165, 1.54) is 0 Å². The van der Waals surface area contributed by atoms with Gasteiger partial charge in [-0.05, 0) is 0 Å². The molecule has 0 heterocycles. The largest absolute Gasteiger partial charge is 0.295 e. The third kappa shape index (κ3) is 2.52. The first kappa shape index (κ1) is 8.51. The van der Waals surface area contributed by atoms with Crippen molar-refractivity contribution in [3.8, 4) is 0 Å². The van der Waals surface area contributed by atoms with E-state index in [9.17, 15) is 17.2 Å². The van der Waals surface area contributed by atoms with Crippen molar-refractivity contribution in [3.63, 3.8) is 0 Å². The summed E-state index contributed by atoms with van der Waals surface area (Å²) in [5, 5.41) is 0. The van der Waals surface area contributed by atoms with Gasteiger partial charge < -0.3 is 0 Å². The molecule has 0 aliphatic heterocycles. The molecule has 0 amide bonds. The van der Waals surface area contributed by atoms with Crippen molar-refractivity contribution in [2.45, 2.75) is 0 Å². The lowest BCUT2D eigenvalue weighted by Gasteiger charge is -1.91. The molecule has 0 aromatic carbocycles. The van der Waals surface area contributed by atoms with Gasteiger partial charge in [-0.2, -0.15) is 8.42 Å². The summed E-state index contributed by atoms with van der Waals surface area (Å²) < 4.78 is 50.0. The van der Waals surface area contributed by atoms with Gasteiger partial charge in [-0.25, -0.2) is 8.78 Å². The minimum Gasteiger partial charge on any atom is -0.282 e. The van der Waals surface area contributed by atoms with Crippen LogP contribution < -0.4 is 0 Å². The quantitative estimate of drug-likeness (QED) is 0.600. The van der Waals surface area contributed by atoms with Crippen molar-refractivity contribution in [2.24, 2.45) is 0 Å². The number of allylic oxidation sites excluding steroid dienone is 1. The summed E-state index contributed by atoms with van der Waals surface area (Å²) in [6.45, 7) is -1.53. The Morgan fingerprint density at radius 3 is 2.11 bits per heavy atom. The highest BCUT2D eigenvalue weighted by Gasteiger charge is 2.12. The highest BCUT2D eigenvalue weighted by molar-refractivity contribution is 7.89. The molecule has 0 aromatic heterocycles. The van der Waals surface area contributed by atoms with Crippen molar-refractivity contribution in [3.05, 3.63) is 11.2 Å². The van der Waals surface area contributed by atoms with Crippen molar-refractivity contribution in [1.29, 1.82) is 0 Å². The SMILES string of the molecule is O=S(=O)(O)C(=CF)CF. The summed E-state index contributed by atoms with van der Waals surface area (Å²) >= 11 is 0. The summed E-state index contributed by atoms with van der Waals surface area (Å²) in [7, 11) is -4.65. The first-order chi connectivity index (χ1) is 4.02. The molecule has 0 saturated carbocycles. The summed E-state index contributed by atoms with van der Waals surface area (Å²) in [5.41, 5.74) is 0. The molecule has 0 unspecified atom stereocenters. The fourth-order valence-electron chi connectivity index (χ4n) is 0.154. The van der Waals surface area contributed by atoms with Crippen LogP contribution in [0.5, 0.6) is 0 Å². The maximum atomic E-state index is 11.3. The van der Waals surface area contributed by atoms with Crippen LogP contribution in [0, 0.1) is 0 Å². The lowest BCUT2D eigenvalue weighted by molar-refractivity contribution is 0.475. The zero-order valence-electron chi connectivity index (χ0n) is 4.21. The van der Waals surface area contributed by atoms with Crippen LogP contribution in [0.1, 0.15) is 0 Å². The Bertz CT molecular complexity index is 205. The third-order valence-corrected chi connectivity index (χ3v) is 1.45. The predicted molar refractivity (Wildman–Crippen MR) is 26.7 cm³/mol. The Morgan fingerprint density at radius 1 is 1.67 bits per heavy atom. The molecule has 0 aromatic rings. The van der Waals surface area contributed by atoms with Gasteiger partial charge in [0.1, 0.15) is 17.9 Å². The molecule has 0 bridgehead atoms. The minimum absolute atomic E-state index is 0.491. The Labute approximate surface area is 50.7 Å². The van der Waals surface area contributed by atoms with E-state index in [1.54, 1.807) is 0 Å². The van der Waals surface area contributed by atoms with Crippen LogP contribution in [0.3, 0.4) is 0 Å². The highest BCUT2D eigenvalue weighted by atomic mass is 32.2. The van der Waals surface area contributed by atoms with E-state index in [0.29, 0.717) is 0 Å². The number of halogens is 2. The molecular weight excluding hydrogens is 154 g/mol. The summed E-state index contributed by atoms with van der Waals surface area (Å²) in [5.74, 6) is 0. The van der Waals surface area contributed by atoms with Gasteiger partial charge in [0, 0.05) is 0 Å². The fraction of sp³-hybridized carbons (Fsp3) is 0.333. The number of hydrogen-bond donors (Lipinski definition) is 1. The van der Waals surface area contributed by atoms with Crippen LogP contribution in [0.4, 0.5) is 8.78 Å². The van der Waals surface area contributed by atoms with E-state index < -0.39 is 28.0 Å². The van der Waals surface area contributed by atoms with Crippen molar-refractivity contribution in [2.75, 3.05) is 6.67 Å². The normalized spacial score (nSPS) is 13.9. The molecule has 3 nitrogen and oxygen atoms in total. The first-order valence-corrected chi connectivity index (χ1v) is 3.29. The third-order valence-electron chi connectivity index (χ3n) is 0.585. The monoisotopic (exact) mass is 158 g/mol. The number of rotatable bonds is 2. The van der Waals surface area contributed by atoms with Crippen LogP contribution in [0.15, 0.2) is 11.2 Å². The predicted octanol–water partition coefficient (Wildman–Crippen LogP) is 0.655. The Morgan fingerprint density at radius 2 is 2.11 bits per heavy atom. The Balaban J connectivity index is 4.56. The average Bonchev–Trinajstić information content (AvgIpc) is 1.65. The fourth-order valence-corrected chi connectivity index (χ4v) is 0.405. The van der Waals surface area contributed by atoms with Gasteiger partial charge >= 0.3 is 0 Å². The molecule has 0 atom stereocenters. The van der Waals surface area contributed by atoms with Gasteiger partial charge in [-0.3, -0.25) is 4.55 Å². The molecule has 0 aliphatic carbocycles. The van der Waals surface area contributed by atoms with E-state index in [2.05, 4.69) is 0 Å². The van der Waals surface area contributed by atoms with Gasteiger partial charge in [0.2, 0.25) is 0 Å². The maximum Gasteiger partial charge on any atom is 0.295 e. The second-order valence-electron chi connectivity index (χ2n) is 1.18. The molecule has 6 heteroatoms. The second kappa shape index (κ2) is 2.88. The topological polar surface area (TPSA) is 54.4 Å². The van der Waals surface area contributed by atoms with E-state index in [0.717, 1.165) is 0 Å². The molecular formula is C3H4F2O3S. The molecule has 0 fully saturated rings. The Kier molecular flexibility index (Phi) is 2.72. The molecule has 1 N–H and O–H groups in total. The minimum atomic E-state index is -4.65. The van der Waals surface area contributed by atoms with Crippen molar-refractivity contribution < 1.29 is 21.8 Å². The molecule has 0 radical (unpaired) electrons. The molecule has 0 aliphatic rings. The zero-order chi connectivity index (χ0) is 7.49. The van der Waals surface area contributed by atoms with Crippen molar-refractivity contribution >= 4 is 10.1 Å². The second-order valence-corrected chi connectivity index (χ2v) is 2.66. The van der Waals surface area contributed by atoms with Gasteiger partial charge in [0.15, 0.2) is 0 Å². The molecule has 0 rings (SSSR count). The van der Waals surface area contributed by atoms with Crippen LogP contribution >= 0.6 is 0 Å². The van der Waals surface area contributed by atoms with Crippen LogP contribution in [-0.2, 0) is 10.1 Å². The zero-order valence-corrected chi connectivity index (χ0v) is 5.03. The molecule has 54 valence electrons. The first-order valence-electron chi connectivity index (χ1n) is 1.85. The van der Waals surface area contributed by atoms with Gasteiger partial charge in [-0.1, -0.05) is 0 Å². The van der Waals surface area contributed by atoms with Crippen LogP contribution in [0.25, 0.3) is 0 Å². The highest BCUT2D eigenvalue weighted by Crippen LogP contribution is 2.03. The van der Waals surface area contributed by atoms with E-state index in [1.807, 2.05) is 0 Å².